The number of unbranched alkanes of at least 4 members (excludes halogenated alkanes) is 1. The van der Waals surface area contributed by atoms with Crippen LogP contribution in [0.2, 0.25) is 0 Å². The normalized spacial score (nSPS) is 12.8. The van der Waals surface area contributed by atoms with E-state index in [0.717, 1.165) is 24.3 Å². The monoisotopic (exact) mass is 626 g/mol. The van der Waals surface area contributed by atoms with Crippen LogP contribution in [0.4, 0.5) is 0 Å². The second-order valence-corrected chi connectivity index (χ2v) is 12.3. The molecule has 4 rings (SSSR count). The smallest absolute Gasteiger partial charge is 0.309 e. The van der Waals surface area contributed by atoms with Gasteiger partial charge in [-0.2, -0.15) is 0 Å². The van der Waals surface area contributed by atoms with E-state index >= 15 is 0 Å². The molecule has 0 aliphatic rings. The van der Waals surface area contributed by atoms with Crippen LogP contribution in [0.3, 0.4) is 0 Å². The Morgan fingerprint density at radius 1 is 0.750 bits per heavy atom. The minimum atomic E-state index is -0.524. The third kappa shape index (κ3) is 6.35. The standard InChI is InChI=1S/C24H28Cl2N8O4S2/c1-13(25)7-9-33-15-17(31(3)21(37)29-19(15)35)27-23(33)39-11-5-6-12-40-24-28-18-16(34(24)10-8-14(2)26)20(36)30-22(38)32(18)4/h7-8H,5-6,9-12H2,1-4H3,(H,29,35,37)(H,30,36,38). The van der Waals surface area contributed by atoms with Gasteiger partial charge in [0.05, 0.1) is 0 Å². The van der Waals surface area contributed by atoms with Crippen molar-refractivity contribution < 1.29 is 0 Å². The van der Waals surface area contributed by atoms with Crippen molar-refractivity contribution in [3.05, 3.63) is 63.9 Å². The second-order valence-electron chi connectivity index (χ2n) is 8.98. The average molecular weight is 628 g/mol. The maximum absolute atomic E-state index is 12.6. The molecule has 4 aromatic rings. The number of aromatic amines is 2. The Morgan fingerprint density at radius 3 is 1.48 bits per heavy atom. The summed E-state index contributed by atoms with van der Waals surface area (Å²) < 4.78 is 6.16. The number of imidazole rings is 2. The van der Waals surface area contributed by atoms with Crippen LogP contribution >= 0.6 is 46.7 Å². The predicted molar refractivity (Wildman–Crippen MR) is 161 cm³/mol. The van der Waals surface area contributed by atoms with Gasteiger partial charge in [0.25, 0.3) is 11.1 Å². The number of nitrogens with one attached hydrogen (secondary N) is 2. The van der Waals surface area contributed by atoms with Crippen molar-refractivity contribution in [3.8, 4) is 0 Å². The summed E-state index contributed by atoms with van der Waals surface area (Å²) in [5.74, 6) is 1.44. The van der Waals surface area contributed by atoms with E-state index in [0.29, 0.717) is 55.8 Å². The van der Waals surface area contributed by atoms with Crippen molar-refractivity contribution >= 4 is 69.1 Å². The van der Waals surface area contributed by atoms with Crippen LogP contribution in [0, 0.1) is 0 Å². The molecule has 4 heterocycles. The number of hydrogen-bond donors (Lipinski definition) is 2. The zero-order chi connectivity index (χ0) is 29.1. The Kier molecular flexibility index (Phi) is 9.54. The summed E-state index contributed by atoms with van der Waals surface area (Å²) in [6, 6.07) is 0. The molecule has 0 aromatic carbocycles. The molecule has 0 unspecified atom stereocenters. The number of rotatable bonds is 11. The van der Waals surface area contributed by atoms with Crippen LogP contribution in [0.1, 0.15) is 26.7 Å². The molecule has 0 fully saturated rings. The Morgan fingerprint density at radius 2 is 1.12 bits per heavy atom. The topological polar surface area (TPSA) is 145 Å². The van der Waals surface area contributed by atoms with Crippen LogP contribution in [0.25, 0.3) is 22.3 Å². The van der Waals surface area contributed by atoms with Gasteiger partial charge in [-0.3, -0.25) is 28.7 Å². The Labute approximate surface area is 246 Å². The molecular formula is C24H28Cl2N8O4S2. The molecule has 40 heavy (non-hydrogen) atoms. The lowest BCUT2D eigenvalue weighted by molar-refractivity contribution is 0.739. The van der Waals surface area contributed by atoms with Gasteiger partial charge < -0.3 is 9.13 Å². The highest BCUT2D eigenvalue weighted by atomic mass is 35.5. The molecule has 0 atom stereocenters. The molecule has 16 heteroatoms. The summed E-state index contributed by atoms with van der Waals surface area (Å²) in [4.78, 5) is 63.1. The fourth-order valence-corrected chi connectivity index (χ4v) is 6.10. The molecule has 0 radical (unpaired) electrons. The number of aryl methyl sites for hydroxylation is 2. The molecule has 214 valence electrons. The molecule has 0 spiro atoms. The number of allylic oxidation sites excluding steroid dienone is 4. The number of fused-ring (bicyclic) bond motifs is 2. The first-order chi connectivity index (χ1) is 19.0. The van der Waals surface area contributed by atoms with Crippen molar-refractivity contribution in [1.29, 1.82) is 0 Å². The van der Waals surface area contributed by atoms with E-state index in [9.17, 15) is 19.2 Å². The summed E-state index contributed by atoms with van der Waals surface area (Å²) >= 11 is 15.0. The average Bonchev–Trinajstić information content (AvgIpc) is 3.44. The molecule has 2 N–H and O–H groups in total. The van der Waals surface area contributed by atoms with Gasteiger partial charge in [0.1, 0.15) is 0 Å². The molecule has 0 saturated carbocycles. The largest absolute Gasteiger partial charge is 0.329 e. The molecule has 0 bridgehead atoms. The Bertz CT molecular complexity index is 1730. The van der Waals surface area contributed by atoms with Crippen LogP contribution in [0.5, 0.6) is 0 Å². The zero-order valence-corrected chi connectivity index (χ0v) is 25.4. The highest BCUT2D eigenvalue weighted by Gasteiger charge is 2.18. The van der Waals surface area contributed by atoms with Crippen molar-refractivity contribution in [2.24, 2.45) is 14.1 Å². The second kappa shape index (κ2) is 12.7. The summed E-state index contributed by atoms with van der Waals surface area (Å²) in [5.41, 5.74) is -0.762. The maximum atomic E-state index is 12.6. The first-order valence-electron chi connectivity index (χ1n) is 12.3. The molecular weight excluding hydrogens is 599 g/mol. The zero-order valence-electron chi connectivity index (χ0n) is 22.3. The Hall–Kier alpha value is -2.94. The van der Waals surface area contributed by atoms with Crippen molar-refractivity contribution in [2.75, 3.05) is 11.5 Å². The van der Waals surface area contributed by atoms with Crippen LogP contribution in [0.15, 0.2) is 51.7 Å². The van der Waals surface area contributed by atoms with Crippen molar-refractivity contribution in [3.63, 3.8) is 0 Å². The number of halogens is 2. The van der Waals surface area contributed by atoms with E-state index in [2.05, 4.69) is 19.9 Å². The fourth-order valence-electron chi connectivity index (χ4n) is 3.95. The quantitative estimate of drug-likeness (QED) is 0.191. The fraction of sp³-hybridized carbons (Fsp3) is 0.417. The third-order valence-electron chi connectivity index (χ3n) is 6.06. The van der Waals surface area contributed by atoms with Crippen molar-refractivity contribution in [2.45, 2.75) is 50.1 Å². The molecule has 4 aromatic heterocycles. The van der Waals surface area contributed by atoms with E-state index in [1.54, 1.807) is 49.2 Å². The maximum Gasteiger partial charge on any atom is 0.329 e. The molecule has 0 saturated heterocycles. The highest BCUT2D eigenvalue weighted by Crippen LogP contribution is 2.26. The summed E-state index contributed by atoms with van der Waals surface area (Å²) in [6.07, 6.45) is 5.23. The summed E-state index contributed by atoms with van der Waals surface area (Å²) in [5, 5.41) is 2.41. The van der Waals surface area contributed by atoms with Gasteiger partial charge in [0.2, 0.25) is 0 Å². The number of nitrogens with zero attached hydrogens (tertiary/aromatic N) is 6. The van der Waals surface area contributed by atoms with Gasteiger partial charge >= 0.3 is 11.4 Å². The van der Waals surface area contributed by atoms with Gasteiger partial charge in [0.15, 0.2) is 32.6 Å². The van der Waals surface area contributed by atoms with Crippen LogP contribution < -0.4 is 22.5 Å². The number of H-pyrrole nitrogens is 2. The lowest BCUT2D eigenvalue weighted by Gasteiger charge is -2.07. The SMILES string of the molecule is CC(Cl)=CCn1c(SCCCCSc2nc3c(c(=O)[nH]c(=O)n3C)n2CC=C(C)Cl)nc2c1c(=O)[nH]c(=O)n2C. The van der Waals surface area contributed by atoms with E-state index < -0.39 is 22.5 Å². The number of aromatic nitrogens is 8. The summed E-state index contributed by atoms with van der Waals surface area (Å²) in [6.45, 7) is 4.20. The van der Waals surface area contributed by atoms with E-state index in [1.165, 1.54) is 32.7 Å². The predicted octanol–water partition coefficient (Wildman–Crippen LogP) is 3.11. The molecule has 0 aliphatic heterocycles. The van der Waals surface area contributed by atoms with Crippen LogP contribution in [-0.2, 0) is 27.2 Å². The molecule has 12 nitrogen and oxygen atoms in total. The van der Waals surface area contributed by atoms with E-state index in [-0.39, 0.29) is 0 Å². The van der Waals surface area contributed by atoms with Gasteiger partial charge in [-0.1, -0.05) is 58.9 Å². The first kappa shape index (κ1) is 30.0. The van der Waals surface area contributed by atoms with E-state index in [4.69, 9.17) is 23.2 Å². The van der Waals surface area contributed by atoms with E-state index in [1.807, 2.05) is 0 Å². The van der Waals surface area contributed by atoms with Crippen LogP contribution in [-0.4, -0.2) is 49.7 Å². The van der Waals surface area contributed by atoms with Gasteiger partial charge in [-0.25, -0.2) is 19.6 Å². The number of thioether (sulfide) groups is 2. The van der Waals surface area contributed by atoms with Gasteiger partial charge in [-0.05, 0) is 26.7 Å². The van der Waals surface area contributed by atoms with Gasteiger partial charge in [-0.15, -0.1) is 0 Å². The lowest BCUT2D eigenvalue weighted by Crippen LogP contribution is -2.29. The Balaban J connectivity index is 1.47. The highest BCUT2D eigenvalue weighted by molar-refractivity contribution is 7.99. The minimum absolute atomic E-state index is 0.317. The third-order valence-corrected chi connectivity index (χ3v) is 8.49. The summed E-state index contributed by atoms with van der Waals surface area (Å²) in [7, 11) is 3.13. The first-order valence-corrected chi connectivity index (χ1v) is 15.0. The molecule has 0 amide bonds. The van der Waals surface area contributed by atoms with Gasteiger partial charge in [0, 0.05) is 48.8 Å². The van der Waals surface area contributed by atoms with Crippen molar-refractivity contribution in [1.82, 2.24) is 38.2 Å². The lowest BCUT2D eigenvalue weighted by atomic mass is 10.4. The number of hydrogen-bond acceptors (Lipinski definition) is 8. The molecule has 0 aliphatic carbocycles. The minimum Gasteiger partial charge on any atom is -0.309 e.